The summed E-state index contributed by atoms with van der Waals surface area (Å²) in [4.78, 5) is 14.5. The molecule has 0 unspecified atom stereocenters. The lowest BCUT2D eigenvalue weighted by Gasteiger charge is -2.23. The van der Waals surface area contributed by atoms with E-state index in [2.05, 4.69) is 26.8 Å². The predicted octanol–water partition coefficient (Wildman–Crippen LogP) is 2.99. The van der Waals surface area contributed by atoms with Crippen molar-refractivity contribution in [2.75, 3.05) is 25.6 Å². The van der Waals surface area contributed by atoms with E-state index in [0.29, 0.717) is 11.3 Å². The molecule has 0 amide bonds. The van der Waals surface area contributed by atoms with Crippen molar-refractivity contribution in [2.45, 2.75) is 42.8 Å². The Morgan fingerprint density at radius 1 is 1.21 bits per heavy atom. The maximum Gasteiger partial charge on any atom is 0.231 e. The second-order valence-electron chi connectivity index (χ2n) is 7.53. The molecule has 2 aliphatic rings. The molecule has 8 nitrogen and oxygen atoms in total. The summed E-state index contributed by atoms with van der Waals surface area (Å²) in [6, 6.07) is 4.04. The Morgan fingerprint density at radius 2 is 2.00 bits per heavy atom. The number of aromatic nitrogens is 4. The van der Waals surface area contributed by atoms with Crippen molar-refractivity contribution in [1.29, 1.82) is 0 Å². The molecule has 1 fully saturated rings. The normalized spacial score (nSPS) is 16.6. The fourth-order valence-electron chi connectivity index (χ4n) is 3.93. The maximum atomic E-state index is 6.09. The van der Waals surface area contributed by atoms with Crippen LogP contribution in [0.2, 0.25) is 0 Å². The number of rotatable bonds is 5. The van der Waals surface area contributed by atoms with Crippen molar-refractivity contribution >= 4 is 28.7 Å². The van der Waals surface area contributed by atoms with E-state index in [1.165, 1.54) is 19.2 Å². The monoisotopic (exact) mass is 412 g/mol. The zero-order valence-electron chi connectivity index (χ0n) is 16.4. The second-order valence-corrected chi connectivity index (χ2v) is 8.54. The van der Waals surface area contributed by atoms with Crippen molar-refractivity contribution in [3.05, 3.63) is 24.0 Å². The first kappa shape index (κ1) is 18.5. The van der Waals surface area contributed by atoms with Crippen LogP contribution in [0.1, 0.15) is 24.8 Å². The van der Waals surface area contributed by atoms with E-state index in [4.69, 9.17) is 20.2 Å². The minimum Gasteiger partial charge on any atom is -0.454 e. The number of fused-ring (bicyclic) bond motifs is 2. The molecule has 0 aliphatic carbocycles. The van der Waals surface area contributed by atoms with Gasteiger partial charge in [0.25, 0.3) is 0 Å². The molecule has 152 valence electrons. The van der Waals surface area contributed by atoms with E-state index >= 15 is 0 Å². The third kappa shape index (κ3) is 3.60. The van der Waals surface area contributed by atoms with E-state index < -0.39 is 0 Å². The summed E-state index contributed by atoms with van der Waals surface area (Å²) in [6.45, 7) is 5.40. The third-order valence-electron chi connectivity index (χ3n) is 5.62. The van der Waals surface area contributed by atoms with E-state index in [1.54, 1.807) is 11.8 Å². The molecule has 0 radical (unpaired) electrons. The lowest BCUT2D eigenvalue weighted by Crippen LogP contribution is -2.28. The highest BCUT2D eigenvalue weighted by atomic mass is 32.2. The summed E-state index contributed by atoms with van der Waals surface area (Å²) in [5, 5.41) is 4.31. The van der Waals surface area contributed by atoms with E-state index in [1.807, 2.05) is 12.1 Å². The zero-order chi connectivity index (χ0) is 19.8. The number of nitrogens with zero attached hydrogens (tertiary/aromatic N) is 4. The van der Waals surface area contributed by atoms with Gasteiger partial charge in [-0.3, -0.25) is 0 Å². The van der Waals surface area contributed by atoms with Crippen LogP contribution in [0, 0.1) is 12.8 Å². The standard InChI is InChI=1S/C20H24N6O2S/c1-12-8-14-15(28-11-27-14)9-16(12)29-20-25-17-18(21)23-10-24-19(17)26(20)7-4-13-2-5-22-6-3-13/h8-10,13,22H,2-7,11H2,1H3,(H2,21,23,24). The fraction of sp³-hybridized carbons (Fsp3) is 0.450. The van der Waals surface area contributed by atoms with Gasteiger partial charge >= 0.3 is 0 Å². The number of piperidine rings is 1. The Labute approximate surface area is 173 Å². The molecule has 1 aromatic carbocycles. The average Bonchev–Trinajstić information content (AvgIpc) is 3.32. The lowest BCUT2D eigenvalue weighted by atomic mass is 9.95. The van der Waals surface area contributed by atoms with Crippen molar-refractivity contribution < 1.29 is 9.47 Å². The summed E-state index contributed by atoms with van der Waals surface area (Å²) < 4.78 is 13.2. The Bertz CT molecular complexity index is 1050. The molecule has 0 spiro atoms. The van der Waals surface area contributed by atoms with Gasteiger partial charge in [-0.1, -0.05) is 11.8 Å². The largest absolute Gasteiger partial charge is 0.454 e. The number of aryl methyl sites for hydroxylation is 2. The van der Waals surface area contributed by atoms with Gasteiger partial charge in [0, 0.05) is 11.4 Å². The third-order valence-corrected chi connectivity index (χ3v) is 6.77. The smallest absolute Gasteiger partial charge is 0.231 e. The molecular formula is C20H24N6O2S. The van der Waals surface area contributed by atoms with Gasteiger partial charge in [-0.15, -0.1) is 0 Å². The molecule has 0 bridgehead atoms. The van der Waals surface area contributed by atoms with Crippen LogP contribution >= 0.6 is 11.8 Å². The molecule has 5 rings (SSSR count). The Kier molecular flexibility index (Phi) is 4.92. The Balaban J connectivity index is 1.48. The number of imidazole rings is 1. The van der Waals surface area contributed by atoms with Crippen LogP contribution in [0.4, 0.5) is 5.82 Å². The van der Waals surface area contributed by atoms with Crippen molar-refractivity contribution in [3.63, 3.8) is 0 Å². The molecule has 2 aliphatic heterocycles. The van der Waals surface area contributed by atoms with Crippen molar-refractivity contribution in [2.24, 2.45) is 5.92 Å². The number of benzene rings is 1. The molecule has 29 heavy (non-hydrogen) atoms. The van der Waals surface area contributed by atoms with Crippen molar-refractivity contribution in [3.8, 4) is 11.5 Å². The zero-order valence-corrected chi connectivity index (χ0v) is 17.2. The van der Waals surface area contributed by atoms with Crippen LogP contribution in [-0.2, 0) is 6.54 Å². The fourth-order valence-corrected chi connectivity index (χ4v) is 4.94. The van der Waals surface area contributed by atoms with E-state index in [0.717, 1.165) is 64.7 Å². The topological polar surface area (TPSA) is 100 Å². The number of anilines is 1. The minimum absolute atomic E-state index is 0.268. The first-order chi connectivity index (χ1) is 14.2. The van der Waals surface area contributed by atoms with Gasteiger partial charge in [-0.25, -0.2) is 15.0 Å². The van der Waals surface area contributed by atoms with Crippen LogP contribution in [0.3, 0.4) is 0 Å². The molecule has 2 aromatic heterocycles. The van der Waals surface area contributed by atoms with Gasteiger partial charge in [0.15, 0.2) is 33.6 Å². The highest BCUT2D eigenvalue weighted by molar-refractivity contribution is 7.99. The van der Waals surface area contributed by atoms with Crippen LogP contribution in [0.15, 0.2) is 28.5 Å². The van der Waals surface area contributed by atoms with Gasteiger partial charge in [0.1, 0.15) is 6.33 Å². The summed E-state index contributed by atoms with van der Waals surface area (Å²) in [5.74, 6) is 2.70. The Hall–Kier alpha value is -2.52. The Morgan fingerprint density at radius 3 is 2.83 bits per heavy atom. The average molecular weight is 413 g/mol. The lowest BCUT2D eigenvalue weighted by molar-refractivity contribution is 0.174. The quantitative estimate of drug-likeness (QED) is 0.660. The molecule has 3 N–H and O–H groups in total. The number of hydrogen-bond acceptors (Lipinski definition) is 8. The van der Waals surface area contributed by atoms with Gasteiger partial charge in [-0.2, -0.15) is 0 Å². The van der Waals surface area contributed by atoms with E-state index in [-0.39, 0.29) is 6.79 Å². The molecule has 9 heteroatoms. The molecule has 0 atom stereocenters. The molecular weight excluding hydrogens is 388 g/mol. The molecule has 0 saturated carbocycles. The van der Waals surface area contributed by atoms with Crippen LogP contribution in [-0.4, -0.2) is 39.4 Å². The van der Waals surface area contributed by atoms with Gasteiger partial charge in [-0.05, 0) is 62.9 Å². The van der Waals surface area contributed by atoms with Crippen molar-refractivity contribution in [1.82, 2.24) is 24.8 Å². The van der Waals surface area contributed by atoms with Crippen LogP contribution in [0.5, 0.6) is 11.5 Å². The maximum absolute atomic E-state index is 6.09. The molecule has 3 aromatic rings. The van der Waals surface area contributed by atoms with E-state index in [9.17, 15) is 0 Å². The number of hydrogen-bond donors (Lipinski definition) is 2. The van der Waals surface area contributed by atoms with Gasteiger partial charge < -0.3 is 25.1 Å². The number of nitrogens with one attached hydrogen (secondary N) is 1. The highest BCUT2D eigenvalue weighted by Gasteiger charge is 2.21. The highest BCUT2D eigenvalue weighted by Crippen LogP contribution is 2.41. The molecule has 4 heterocycles. The van der Waals surface area contributed by atoms with Gasteiger partial charge in [0.2, 0.25) is 6.79 Å². The summed E-state index contributed by atoms with van der Waals surface area (Å²) >= 11 is 1.61. The first-order valence-corrected chi connectivity index (χ1v) is 10.8. The summed E-state index contributed by atoms with van der Waals surface area (Å²) in [7, 11) is 0. The summed E-state index contributed by atoms with van der Waals surface area (Å²) in [5.41, 5.74) is 8.68. The van der Waals surface area contributed by atoms with Gasteiger partial charge in [0.05, 0.1) is 0 Å². The predicted molar refractivity (Wildman–Crippen MR) is 111 cm³/mol. The molecule has 1 saturated heterocycles. The minimum atomic E-state index is 0.268. The number of nitrogen functional groups attached to an aromatic ring is 1. The second kappa shape index (κ2) is 7.72. The first-order valence-electron chi connectivity index (χ1n) is 9.94. The van der Waals surface area contributed by atoms with Crippen LogP contribution in [0.25, 0.3) is 11.2 Å². The summed E-state index contributed by atoms with van der Waals surface area (Å²) in [6.07, 6.45) is 5.05. The SMILES string of the molecule is Cc1cc2c(cc1Sc1nc3c(N)ncnc3n1CCC1CCNCC1)OCO2. The number of nitrogens with two attached hydrogens (primary N) is 1. The van der Waals surface area contributed by atoms with Crippen LogP contribution < -0.4 is 20.5 Å². The number of ether oxygens (including phenoxy) is 2.